The lowest BCUT2D eigenvalue weighted by Gasteiger charge is -2.32. The standard InChI is InChI=1S/C6H9N3O4/c7-9-8-3-5(11)4(10)2-1-12-6(3)13-2/h2-6,10-11H,1H2/t2-,3?,4-,5-,6-/m1/s1. The third-order valence-electron chi connectivity index (χ3n) is 2.28. The number of azide groups is 1. The second-order valence-electron chi connectivity index (χ2n) is 3.05. The van der Waals surface area contributed by atoms with E-state index in [2.05, 4.69) is 10.0 Å². The molecule has 2 N–H and O–H groups in total. The fourth-order valence-electron chi connectivity index (χ4n) is 1.56. The zero-order chi connectivity index (χ0) is 9.42. The molecule has 0 amide bonds. The number of ether oxygens (including phenoxy) is 2. The van der Waals surface area contributed by atoms with Crippen LogP contribution in [0.3, 0.4) is 0 Å². The largest absolute Gasteiger partial charge is 0.390 e. The van der Waals surface area contributed by atoms with Crippen molar-refractivity contribution in [2.24, 2.45) is 5.11 Å². The lowest BCUT2D eigenvalue weighted by atomic mass is 10.00. The van der Waals surface area contributed by atoms with Gasteiger partial charge in [0.25, 0.3) is 0 Å². The first kappa shape index (κ1) is 8.74. The highest BCUT2D eigenvalue weighted by molar-refractivity contribution is 4.96. The monoisotopic (exact) mass is 187 g/mol. The normalized spacial score (nSPS) is 48.6. The number of hydrogen-bond acceptors (Lipinski definition) is 5. The Morgan fingerprint density at radius 2 is 2.15 bits per heavy atom. The minimum absolute atomic E-state index is 0.223. The predicted molar refractivity (Wildman–Crippen MR) is 39.6 cm³/mol. The molecule has 0 aromatic carbocycles. The summed E-state index contributed by atoms with van der Waals surface area (Å²) in [5.74, 6) is 0. The molecule has 0 aromatic heterocycles. The van der Waals surface area contributed by atoms with E-state index in [1.54, 1.807) is 0 Å². The molecule has 2 bridgehead atoms. The molecule has 72 valence electrons. The minimum Gasteiger partial charge on any atom is -0.390 e. The van der Waals surface area contributed by atoms with E-state index < -0.39 is 30.6 Å². The van der Waals surface area contributed by atoms with Crippen LogP contribution in [0.4, 0.5) is 0 Å². The van der Waals surface area contributed by atoms with E-state index in [0.717, 1.165) is 0 Å². The SMILES string of the molecule is [N-]=[N+]=NC1[C@@H]2OC[C@@H](O2)[C@@H](O)[C@@H]1O. The van der Waals surface area contributed by atoms with E-state index in [1.165, 1.54) is 0 Å². The van der Waals surface area contributed by atoms with Gasteiger partial charge in [-0.05, 0) is 5.53 Å². The van der Waals surface area contributed by atoms with Crippen molar-refractivity contribution >= 4 is 0 Å². The van der Waals surface area contributed by atoms with Crippen LogP contribution in [0.1, 0.15) is 0 Å². The van der Waals surface area contributed by atoms with E-state index in [-0.39, 0.29) is 6.61 Å². The molecule has 2 aliphatic heterocycles. The molecule has 0 aliphatic carbocycles. The fraction of sp³-hybridized carbons (Fsp3) is 1.00. The average molecular weight is 187 g/mol. The van der Waals surface area contributed by atoms with Gasteiger partial charge in [0.15, 0.2) is 6.29 Å². The Bertz CT molecular complexity index is 254. The van der Waals surface area contributed by atoms with Gasteiger partial charge >= 0.3 is 0 Å². The van der Waals surface area contributed by atoms with Crippen LogP contribution in [0.5, 0.6) is 0 Å². The van der Waals surface area contributed by atoms with Crippen LogP contribution >= 0.6 is 0 Å². The van der Waals surface area contributed by atoms with Crippen LogP contribution in [-0.2, 0) is 9.47 Å². The van der Waals surface area contributed by atoms with Crippen molar-refractivity contribution in [3.05, 3.63) is 10.4 Å². The zero-order valence-electron chi connectivity index (χ0n) is 6.65. The summed E-state index contributed by atoms with van der Waals surface area (Å²) in [6, 6.07) is -0.862. The second-order valence-corrected chi connectivity index (χ2v) is 3.05. The van der Waals surface area contributed by atoms with Crippen LogP contribution in [0.25, 0.3) is 10.4 Å². The van der Waals surface area contributed by atoms with Gasteiger partial charge in [-0.2, -0.15) is 0 Å². The van der Waals surface area contributed by atoms with Crippen molar-refractivity contribution in [3.8, 4) is 0 Å². The molecule has 7 nitrogen and oxygen atoms in total. The highest BCUT2D eigenvalue weighted by Gasteiger charge is 2.49. The summed E-state index contributed by atoms with van der Waals surface area (Å²) >= 11 is 0. The quantitative estimate of drug-likeness (QED) is 0.316. The molecule has 1 unspecified atom stereocenters. The van der Waals surface area contributed by atoms with Crippen molar-refractivity contribution in [1.82, 2.24) is 0 Å². The summed E-state index contributed by atoms with van der Waals surface area (Å²) in [5.41, 5.74) is 8.20. The van der Waals surface area contributed by atoms with Crippen molar-refractivity contribution in [2.75, 3.05) is 6.61 Å². The zero-order valence-corrected chi connectivity index (χ0v) is 6.65. The number of aliphatic hydroxyl groups excluding tert-OH is 2. The highest BCUT2D eigenvalue weighted by Crippen LogP contribution is 2.29. The number of hydrogen-bond donors (Lipinski definition) is 2. The maximum absolute atomic E-state index is 9.47. The Morgan fingerprint density at radius 3 is 2.85 bits per heavy atom. The van der Waals surface area contributed by atoms with Gasteiger partial charge in [-0.15, -0.1) is 0 Å². The van der Waals surface area contributed by atoms with Gasteiger partial charge in [-0.25, -0.2) is 0 Å². The lowest BCUT2D eigenvalue weighted by molar-refractivity contribution is -0.177. The summed E-state index contributed by atoms with van der Waals surface area (Å²) < 4.78 is 10.2. The molecule has 0 saturated carbocycles. The van der Waals surface area contributed by atoms with Gasteiger partial charge in [0.05, 0.1) is 12.7 Å². The smallest absolute Gasteiger partial charge is 0.169 e. The summed E-state index contributed by atoms with van der Waals surface area (Å²) in [7, 11) is 0. The summed E-state index contributed by atoms with van der Waals surface area (Å²) in [4.78, 5) is 2.55. The first-order valence-electron chi connectivity index (χ1n) is 3.91. The van der Waals surface area contributed by atoms with Gasteiger partial charge in [0.1, 0.15) is 18.2 Å². The molecule has 0 radical (unpaired) electrons. The number of fused-ring (bicyclic) bond motifs is 2. The second kappa shape index (κ2) is 3.13. The molecule has 7 heteroatoms. The molecule has 2 fully saturated rings. The fourth-order valence-corrected chi connectivity index (χ4v) is 1.56. The number of rotatable bonds is 1. The molecule has 0 spiro atoms. The molecule has 5 atom stereocenters. The van der Waals surface area contributed by atoms with Crippen molar-refractivity contribution in [3.63, 3.8) is 0 Å². The topological polar surface area (TPSA) is 108 Å². The molecule has 13 heavy (non-hydrogen) atoms. The highest BCUT2D eigenvalue weighted by atomic mass is 16.7. The van der Waals surface area contributed by atoms with Crippen molar-refractivity contribution < 1.29 is 19.7 Å². The number of aliphatic hydroxyl groups is 2. The molecule has 0 aromatic rings. The van der Waals surface area contributed by atoms with Crippen LogP contribution in [-0.4, -0.2) is 47.5 Å². The van der Waals surface area contributed by atoms with Gasteiger partial charge in [0.2, 0.25) is 0 Å². The van der Waals surface area contributed by atoms with E-state index in [1.807, 2.05) is 0 Å². The van der Waals surface area contributed by atoms with E-state index in [9.17, 15) is 10.2 Å². The van der Waals surface area contributed by atoms with Gasteiger partial charge in [-0.1, -0.05) is 5.11 Å². The lowest BCUT2D eigenvalue weighted by Crippen LogP contribution is -2.52. The van der Waals surface area contributed by atoms with Crippen LogP contribution < -0.4 is 0 Å². The van der Waals surface area contributed by atoms with Crippen LogP contribution in [0.2, 0.25) is 0 Å². The Morgan fingerprint density at radius 1 is 1.38 bits per heavy atom. The van der Waals surface area contributed by atoms with Gasteiger partial charge in [0, 0.05) is 4.91 Å². The summed E-state index contributed by atoms with van der Waals surface area (Å²) in [6.07, 6.45) is -3.39. The van der Waals surface area contributed by atoms with Gasteiger partial charge < -0.3 is 19.7 Å². The Balaban J connectivity index is 2.21. The van der Waals surface area contributed by atoms with Crippen molar-refractivity contribution in [1.29, 1.82) is 0 Å². The maximum atomic E-state index is 9.47. The third-order valence-corrected chi connectivity index (χ3v) is 2.28. The van der Waals surface area contributed by atoms with Crippen LogP contribution in [0.15, 0.2) is 5.11 Å². The Kier molecular flexibility index (Phi) is 2.10. The van der Waals surface area contributed by atoms with E-state index in [4.69, 9.17) is 15.0 Å². The molecule has 2 saturated heterocycles. The third kappa shape index (κ3) is 1.27. The molecule has 2 aliphatic rings. The van der Waals surface area contributed by atoms with Gasteiger partial charge in [-0.3, -0.25) is 0 Å². The summed E-state index contributed by atoms with van der Waals surface area (Å²) in [5, 5.41) is 22.2. The van der Waals surface area contributed by atoms with Crippen LogP contribution in [0, 0.1) is 0 Å². The average Bonchev–Trinajstić information content (AvgIpc) is 2.56. The van der Waals surface area contributed by atoms with E-state index in [0.29, 0.717) is 0 Å². The molecular formula is C6H9N3O4. The van der Waals surface area contributed by atoms with Crippen molar-refractivity contribution in [2.45, 2.75) is 30.6 Å². The molecule has 2 rings (SSSR count). The molecular weight excluding hydrogens is 178 g/mol. The summed E-state index contributed by atoms with van der Waals surface area (Å²) in [6.45, 7) is 0.223. The Hall–Kier alpha value is -0.850. The predicted octanol–water partition coefficient (Wildman–Crippen LogP) is -0.858. The maximum Gasteiger partial charge on any atom is 0.169 e. The number of nitrogens with zero attached hydrogens (tertiary/aromatic N) is 3. The van der Waals surface area contributed by atoms with E-state index >= 15 is 0 Å². The first-order chi connectivity index (χ1) is 6.24. The minimum atomic E-state index is -1.11. The molecule has 2 heterocycles. The Labute approximate surface area is 73.5 Å². The first-order valence-corrected chi connectivity index (χ1v) is 3.91.